The molecule has 8 rings (SSSR count). The third-order valence-corrected chi connectivity index (χ3v) is 9.15. The minimum Gasteiger partial charge on any atom is -0.497 e. The van der Waals surface area contributed by atoms with Crippen molar-refractivity contribution >= 4 is 45.3 Å². The molecule has 0 amide bonds. The number of para-hydroxylation sites is 1. The molecular formula is C40H29N5O3S. The van der Waals surface area contributed by atoms with Gasteiger partial charge in [0, 0.05) is 17.3 Å². The fraction of sp³-hybridized carbons (Fsp3) is 0.0500. The van der Waals surface area contributed by atoms with Gasteiger partial charge in [-0.15, -0.1) is 5.10 Å². The Morgan fingerprint density at radius 3 is 2.33 bits per heavy atom. The van der Waals surface area contributed by atoms with Gasteiger partial charge in [-0.05, 0) is 82.6 Å². The van der Waals surface area contributed by atoms with E-state index in [1.807, 2.05) is 114 Å². The molecule has 3 heterocycles. The predicted molar refractivity (Wildman–Crippen MR) is 195 cm³/mol. The van der Waals surface area contributed by atoms with Crippen molar-refractivity contribution in [2.24, 2.45) is 0 Å². The van der Waals surface area contributed by atoms with Crippen LogP contribution in [0.2, 0.25) is 0 Å². The Balaban J connectivity index is 1.09. The van der Waals surface area contributed by atoms with Gasteiger partial charge in [-0.2, -0.15) is 14.6 Å². The van der Waals surface area contributed by atoms with Crippen LogP contribution in [0.3, 0.4) is 0 Å². The van der Waals surface area contributed by atoms with Crippen LogP contribution in [0.5, 0.6) is 11.5 Å². The van der Waals surface area contributed by atoms with Gasteiger partial charge in [-0.25, -0.2) is 4.68 Å². The quantitative estimate of drug-likeness (QED) is 0.160. The van der Waals surface area contributed by atoms with Crippen molar-refractivity contribution in [3.63, 3.8) is 0 Å². The predicted octanol–water partition coefficient (Wildman–Crippen LogP) is 7.46. The van der Waals surface area contributed by atoms with Crippen LogP contribution in [0.15, 0.2) is 132 Å². The second-order valence-corrected chi connectivity index (χ2v) is 12.4. The van der Waals surface area contributed by atoms with Gasteiger partial charge in [0.2, 0.25) is 4.96 Å². The number of rotatable bonds is 9. The molecule has 5 aromatic carbocycles. The molecule has 49 heavy (non-hydrogen) atoms. The molecule has 0 radical (unpaired) electrons. The zero-order valence-corrected chi connectivity index (χ0v) is 27.2. The van der Waals surface area contributed by atoms with Crippen molar-refractivity contribution in [2.75, 3.05) is 7.11 Å². The van der Waals surface area contributed by atoms with Crippen LogP contribution in [-0.4, -0.2) is 31.5 Å². The van der Waals surface area contributed by atoms with E-state index in [4.69, 9.17) is 14.6 Å². The Kier molecular flexibility index (Phi) is 8.01. The van der Waals surface area contributed by atoms with Gasteiger partial charge in [-0.3, -0.25) is 4.79 Å². The fourth-order valence-corrected chi connectivity index (χ4v) is 6.57. The number of methoxy groups -OCH3 is 1. The average Bonchev–Trinajstić information content (AvgIpc) is 3.85. The van der Waals surface area contributed by atoms with Crippen molar-refractivity contribution in [3.05, 3.63) is 165 Å². The van der Waals surface area contributed by atoms with E-state index in [9.17, 15) is 4.79 Å². The highest BCUT2D eigenvalue weighted by molar-refractivity contribution is 7.15. The zero-order valence-electron chi connectivity index (χ0n) is 26.4. The third-order valence-electron chi connectivity index (χ3n) is 8.19. The lowest BCUT2D eigenvalue weighted by Gasteiger charge is -2.10. The molecule has 0 saturated heterocycles. The topological polar surface area (TPSA) is 83.5 Å². The minimum absolute atomic E-state index is 0.229. The molecule has 0 atom stereocenters. The van der Waals surface area contributed by atoms with Gasteiger partial charge in [-0.1, -0.05) is 90.2 Å². The smallest absolute Gasteiger partial charge is 0.291 e. The molecule has 0 unspecified atom stereocenters. The number of ether oxygens (including phenoxy) is 2. The first kappa shape index (κ1) is 30.0. The summed E-state index contributed by atoms with van der Waals surface area (Å²) in [7, 11) is 1.64. The summed E-state index contributed by atoms with van der Waals surface area (Å²) in [5.41, 5.74) is 5.23. The van der Waals surface area contributed by atoms with Crippen molar-refractivity contribution < 1.29 is 9.47 Å². The van der Waals surface area contributed by atoms with E-state index in [0.717, 1.165) is 45.1 Å². The lowest BCUT2D eigenvalue weighted by Crippen LogP contribution is -2.23. The molecule has 0 spiro atoms. The summed E-state index contributed by atoms with van der Waals surface area (Å²) in [6.45, 7) is 0.460. The van der Waals surface area contributed by atoms with E-state index in [1.54, 1.807) is 13.2 Å². The maximum Gasteiger partial charge on any atom is 0.291 e. The first-order valence-corrected chi connectivity index (χ1v) is 16.5. The van der Waals surface area contributed by atoms with Crippen LogP contribution >= 0.6 is 11.3 Å². The molecule has 8 aromatic rings. The fourth-order valence-electron chi connectivity index (χ4n) is 5.67. The third kappa shape index (κ3) is 6.22. The van der Waals surface area contributed by atoms with Gasteiger partial charge in [0.15, 0.2) is 5.82 Å². The minimum atomic E-state index is -0.229. The Bertz CT molecular complexity index is 2550. The number of hydrogen-bond donors (Lipinski definition) is 0. The summed E-state index contributed by atoms with van der Waals surface area (Å²) in [4.78, 5) is 18.6. The number of benzene rings is 5. The summed E-state index contributed by atoms with van der Waals surface area (Å²) in [5.74, 6) is 2.01. The molecule has 0 aliphatic carbocycles. The van der Waals surface area contributed by atoms with E-state index in [2.05, 4.69) is 40.4 Å². The highest BCUT2D eigenvalue weighted by Gasteiger charge is 2.14. The highest BCUT2D eigenvalue weighted by Crippen LogP contribution is 2.28. The first-order chi connectivity index (χ1) is 24.1. The molecule has 0 saturated carbocycles. The number of nitrogens with zero attached hydrogens (tertiary/aromatic N) is 5. The first-order valence-electron chi connectivity index (χ1n) is 15.7. The van der Waals surface area contributed by atoms with E-state index in [-0.39, 0.29) is 5.56 Å². The van der Waals surface area contributed by atoms with E-state index in [0.29, 0.717) is 21.9 Å². The lowest BCUT2D eigenvalue weighted by atomic mass is 10.1. The van der Waals surface area contributed by atoms with Gasteiger partial charge < -0.3 is 9.47 Å². The Morgan fingerprint density at radius 2 is 1.53 bits per heavy atom. The SMILES string of the molecule is COc1ccc(/C=C/c2nc3s/c(=C\c4cn(-c5ccccc5)nc4-c4ccc(OCc5cccc6ccccc56)cc4)c(=O)n3n2)cc1. The molecule has 0 aliphatic rings. The summed E-state index contributed by atoms with van der Waals surface area (Å²) in [5, 5.41) is 11.8. The number of fused-ring (bicyclic) bond motifs is 2. The largest absolute Gasteiger partial charge is 0.497 e. The maximum atomic E-state index is 13.5. The second-order valence-electron chi connectivity index (χ2n) is 11.4. The van der Waals surface area contributed by atoms with Crippen molar-refractivity contribution in [1.29, 1.82) is 0 Å². The van der Waals surface area contributed by atoms with E-state index >= 15 is 0 Å². The molecule has 238 valence electrons. The van der Waals surface area contributed by atoms with Gasteiger partial charge in [0.1, 0.15) is 23.8 Å². The Hall–Kier alpha value is -6.32. The van der Waals surface area contributed by atoms with Gasteiger partial charge >= 0.3 is 0 Å². The summed E-state index contributed by atoms with van der Waals surface area (Å²) in [6.07, 6.45) is 7.50. The van der Waals surface area contributed by atoms with Crippen LogP contribution in [-0.2, 0) is 6.61 Å². The van der Waals surface area contributed by atoms with Crippen LogP contribution in [0.4, 0.5) is 0 Å². The number of hydrogen-bond acceptors (Lipinski definition) is 7. The summed E-state index contributed by atoms with van der Waals surface area (Å²) in [6, 6.07) is 40.0. The zero-order chi connectivity index (χ0) is 33.2. The molecule has 0 aliphatic heterocycles. The maximum absolute atomic E-state index is 13.5. The Morgan fingerprint density at radius 1 is 0.776 bits per heavy atom. The molecule has 3 aromatic heterocycles. The number of thiazole rings is 1. The van der Waals surface area contributed by atoms with Crippen LogP contribution in [0.25, 0.3) is 50.9 Å². The lowest BCUT2D eigenvalue weighted by molar-refractivity contribution is 0.308. The molecule has 8 nitrogen and oxygen atoms in total. The molecule has 0 bridgehead atoms. The van der Waals surface area contributed by atoms with Gasteiger partial charge in [0.05, 0.1) is 17.3 Å². The molecular weight excluding hydrogens is 631 g/mol. The Labute approximate surface area is 285 Å². The second kappa shape index (κ2) is 13.1. The standard InChI is InChI=1S/C40H29N5O3S/c1-47-33-19-14-27(15-20-33)16-23-37-41-40-45(42-37)39(46)36(49-40)24-31-25-44(32-11-3-2-4-12-32)43-38(31)29-17-21-34(22-18-29)48-26-30-10-7-9-28-8-5-6-13-35(28)30/h2-25H,26H2,1H3/b23-16+,36-24-. The van der Waals surface area contributed by atoms with Crippen molar-refractivity contribution in [1.82, 2.24) is 24.4 Å². The van der Waals surface area contributed by atoms with Gasteiger partial charge in [0.25, 0.3) is 5.56 Å². The highest BCUT2D eigenvalue weighted by atomic mass is 32.1. The summed E-state index contributed by atoms with van der Waals surface area (Å²) < 4.78 is 15.1. The molecule has 9 heteroatoms. The molecule has 0 fully saturated rings. The summed E-state index contributed by atoms with van der Waals surface area (Å²) >= 11 is 1.30. The van der Waals surface area contributed by atoms with Crippen LogP contribution < -0.4 is 19.6 Å². The average molecular weight is 660 g/mol. The van der Waals surface area contributed by atoms with Crippen molar-refractivity contribution in [2.45, 2.75) is 6.61 Å². The van der Waals surface area contributed by atoms with Crippen LogP contribution in [0.1, 0.15) is 22.5 Å². The van der Waals surface area contributed by atoms with E-state index < -0.39 is 0 Å². The normalized spacial score (nSPS) is 12.0. The van der Waals surface area contributed by atoms with Crippen molar-refractivity contribution in [3.8, 4) is 28.4 Å². The van der Waals surface area contributed by atoms with E-state index in [1.165, 1.54) is 26.6 Å². The van der Waals surface area contributed by atoms with Crippen LogP contribution in [0, 0.1) is 0 Å². The molecule has 0 N–H and O–H groups in total. The monoisotopic (exact) mass is 659 g/mol. The number of aromatic nitrogens is 5.